The first-order chi connectivity index (χ1) is 14.7. The average molecular weight is 548 g/mol. The second-order valence-corrected chi connectivity index (χ2v) is 7.79. The van der Waals surface area contributed by atoms with E-state index in [1.807, 2.05) is 7.05 Å². The fourth-order valence-electron chi connectivity index (χ4n) is 3.57. The first-order valence-electron chi connectivity index (χ1n) is 11.3. The molecule has 1 saturated heterocycles. The topological polar surface area (TPSA) is 61.4 Å². The highest BCUT2D eigenvalue weighted by Gasteiger charge is 2.14. The number of nitrogens with one attached hydrogen (secondary N) is 2. The van der Waals surface area contributed by atoms with E-state index in [-0.39, 0.29) is 24.0 Å². The van der Waals surface area contributed by atoms with Crippen LogP contribution in [0.5, 0.6) is 5.75 Å². The summed E-state index contributed by atoms with van der Waals surface area (Å²) in [6.45, 7) is 14.2. The summed E-state index contributed by atoms with van der Waals surface area (Å²) in [6.07, 6.45) is 2.36. The number of aliphatic imine (C=N–C) groups is 1. The fourth-order valence-corrected chi connectivity index (χ4v) is 3.57. The molecule has 1 aliphatic heterocycles. The molecule has 0 saturated carbocycles. The van der Waals surface area contributed by atoms with Crippen molar-refractivity contribution in [3.05, 3.63) is 29.3 Å². The number of halogens is 1. The number of likely N-dealkylation sites (N-methyl/N-ethyl adjacent to an activating group) is 1. The molecule has 0 radical (unpaired) electrons. The number of guanidine groups is 1. The fraction of sp³-hybridized carbons (Fsp3) is 0.696. The van der Waals surface area contributed by atoms with Crippen LogP contribution in [-0.4, -0.2) is 88.9 Å². The Hall–Kier alpha value is -1.10. The highest BCUT2D eigenvalue weighted by Crippen LogP contribution is 2.20. The van der Waals surface area contributed by atoms with E-state index in [0.29, 0.717) is 19.8 Å². The van der Waals surface area contributed by atoms with Crippen LogP contribution in [0.1, 0.15) is 30.9 Å². The molecule has 1 aromatic carbocycles. The van der Waals surface area contributed by atoms with Crippen LogP contribution in [0, 0.1) is 6.92 Å². The first kappa shape index (κ1) is 27.9. The van der Waals surface area contributed by atoms with E-state index in [1.165, 1.54) is 51.3 Å². The number of unbranched alkanes of at least 4 members (excludes halogenated alkanes) is 1. The van der Waals surface area contributed by atoms with Crippen molar-refractivity contribution in [3.63, 3.8) is 0 Å². The third-order valence-electron chi connectivity index (χ3n) is 5.54. The van der Waals surface area contributed by atoms with Gasteiger partial charge in [0.15, 0.2) is 5.96 Å². The summed E-state index contributed by atoms with van der Waals surface area (Å²) in [5.74, 6) is 1.73. The summed E-state index contributed by atoms with van der Waals surface area (Å²) in [5.41, 5.74) is 2.30. The van der Waals surface area contributed by atoms with Crippen LogP contribution in [0.4, 0.5) is 0 Å². The van der Waals surface area contributed by atoms with Gasteiger partial charge in [0.1, 0.15) is 12.4 Å². The van der Waals surface area contributed by atoms with Crippen molar-refractivity contribution in [1.29, 1.82) is 0 Å². The molecule has 1 aromatic rings. The summed E-state index contributed by atoms with van der Waals surface area (Å²) in [5, 5.41) is 6.83. The Morgan fingerprint density at radius 3 is 2.48 bits per heavy atom. The highest BCUT2D eigenvalue weighted by molar-refractivity contribution is 14.0. The van der Waals surface area contributed by atoms with Gasteiger partial charge in [0.2, 0.25) is 0 Å². The second-order valence-electron chi connectivity index (χ2n) is 7.79. The molecule has 2 N–H and O–H groups in total. The SMILES string of the molecule is CCN1CCN(CCCCNC(=NC)NCc2ccc(C)cc2OCCOC)CC1.I. The lowest BCUT2D eigenvalue weighted by Crippen LogP contribution is -2.46. The van der Waals surface area contributed by atoms with Gasteiger partial charge < -0.3 is 29.9 Å². The zero-order chi connectivity index (χ0) is 21.6. The quantitative estimate of drug-likeness (QED) is 0.182. The van der Waals surface area contributed by atoms with Crippen molar-refractivity contribution in [2.75, 3.05) is 73.2 Å². The molecule has 1 fully saturated rings. The molecule has 0 spiro atoms. The Kier molecular flexibility index (Phi) is 14.9. The molecule has 0 bridgehead atoms. The molecular weight excluding hydrogens is 505 g/mol. The predicted molar refractivity (Wildman–Crippen MR) is 140 cm³/mol. The molecule has 0 atom stereocenters. The van der Waals surface area contributed by atoms with Gasteiger partial charge in [-0.3, -0.25) is 4.99 Å². The maximum absolute atomic E-state index is 5.88. The molecule has 1 heterocycles. The maximum atomic E-state index is 5.88. The lowest BCUT2D eigenvalue weighted by Gasteiger charge is -2.34. The number of methoxy groups -OCH3 is 1. The molecule has 31 heavy (non-hydrogen) atoms. The van der Waals surface area contributed by atoms with E-state index in [2.05, 4.69) is 57.5 Å². The van der Waals surface area contributed by atoms with E-state index in [9.17, 15) is 0 Å². The Balaban J connectivity index is 0.00000480. The largest absolute Gasteiger partial charge is 0.491 e. The number of hydrogen-bond donors (Lipinski definition) is 2. The van der Waals surface area contributed by atoms with Crippen LogP contribution in [-0.2, 0) is 11.3 Å². The number of benzene rings is 1. The summed E-state index contributed by atoms with van der Waals surface area (Å²) >= 11 is 0. The van der Waals surface area contributed by atoms with E-state index in [0.717, 1.165) is 30.2 Å². The molecule has 1 aliphatic rings. The molecular formula is C23H42IN5O2. The van der Waals surface area contributed by atoms with Crippen molar-refractivity contribution in [3.8, 4) is 5.75 Å². The number of piperazine rings is 1. The lowest BCUT2D eigenvalue weighted by molar-refractivity contribution is 0.136. The molecule has 7 nitrogen and oxygen atoms in total. The van der Waals surface area contributed by atoms with Gasteiger partial charge in [-0.25, -0.2) is 0 Å². The van der Waals surface area contributed by atoms with Gasteiger partial charge in [0, 0.05) is 59.0 Å². The minimum absolute atomic E-state index is 0. The minimum Gasteiger partial charge on any atom is -0.491 e. The maximum Gasteiger partial charge on any atom is 0.191 e. The van der Waals surface area contributed by atoms with Gasteiger partial charge >= 0.3 is 0 Å². The second kappa shape index (κ2) is 16.5. The molecule has 0 amide bonds. The Labute approximate surface area is 206 Å². The van der Waals surface area contributed by atoms with Gasteiger partial charge in [0.05, 0.1) is 6.61 Å². The monoisotopic (exact) mass is 547 g/mol. The number of hydrogen-bond acceptors (Lipinski definition) is 5. The summed E-state index contributed by atoms with van der Waals surface area (Å²) in [6, 6.07) is 6.29. The number of rotatable bonds is 12. The summed E-state index contributed by atoms with van der Waals surface area (Å²) in [7, 11) is 3.50. The van der Waals surface area contributed by atoms with E-state index < -0.39 is 0 Å². The van der Waals surface area contributed by atoms with Crippen molar-refractivity contribution in [2.24, 2.45) is 4.99 Å². The summed E-state index contributed by atoms with van der Waals surface area (Å²) in [4.78, 5) is 9.46. The van der Waals surface area contributed by atoms with Gasteiger partial charge in [-0.15, -0.1) is 24.0 Å². The smallest absolute Gasteiger partial charge is 0.191 e. The van der Waals surface area contributed by atoms with Gasteiger partial charge in [0.25, 0.3) is 0 Å². The Bertz CT molecular complexity index is 636. The molecule has 0 unspecified atom stereocenters. The highest BCUT2D eigenvalue weighted by atomic mass is 127. The number of aryl methyl sites for hydroxylation is 1. The van der Waals surface area contributed by atoms with E-state index >= 15 is 0 Å². The molecule has 8 heteroatoms. The standard InChI is InChI=1S/C23H41N5O2.HI/c1-5-27-12-14-28(15-13-27)11-7-6-10-25-23(24-3)26-19-21-9-8-20(2)18-22(21)30-17-16-29-4;/h8-9,18H,5-7,10-17,19H2,1-4H3,(H2,24,25,26);1H. The van der Waals surface area contributed by atoms with Crippen LogP contribution >= 0.6 is 24.0 Å². The van der Waals surface area contributed by atoms with Crippen LogP contribution in [0.25, 0.3) is 0 Å². The van der Waals surface area contributed by atoms with Crippen LogP contribution < -0.4 is 15.4 Å². The van der Waals surface area contributed by atoms with Crippen molar-refractivity contribution >= 4 is 29.9 Å². The Morgan fingerprint density at radius 1 is 1.06 bits per heavy atom. The van der Waals surface area contributed by atoms with E-state index in [4.69, 9.17) is 9.47 Å². The third-order valence-corrected chi connectivity index (χ3v) is 5.54. The van der Waals surface area contributed by atoms with Crippen LogP contribution in [0.3, 0.4) is 0 Å². The van der Waals surface area contributed by atoms with Crippen LogP contribution in [0.2, 0.25) is 0 Å². The van der Waals surface area contributed by atoms with Crippen LogP contribution in [0.15, 0.2) is 23.2 Å². The molecule has 0 aromatic heterocycles. The van der Waals surface area contributed by atoms with Gasteiger partial charge in [-0.2, -0.15) is 0 Å². The Morgan fingerprint density at radius 2 is 1.81 bits per heavy atom. The third kappa shape index (κ3) is 10.9. The zero-order valence-corrected chi connectivity index (χ0v) is 22.1. The zero-order valence-electron chi connectivity index (χ0n) is 19.8. The predicted octanol–water partition coefficient (Wildman–Crippen LogP) is 2.72. The number of ether oxygens (including phenoxy) is 2. The minimum atomic E-state index is 0. The summed E-state index contributed by atoms with van der Waals surface area (Å²) < 4.78 is 11.0. The first-order valence-corrected chi connectivity index (χ1v) is 11.3. The van der Waals surface area contributed by atoms with Crippen molar-refractivity contribution in [2.45, 2.75) is 33.2 Å². The van der Waals surface area contributed by atoms with E-state index in [1.54, 1.807) is 7.11 Å². The molecule has 0 aliphatic carbocycles. The number of nitrogens with zero attached hydrogens (tertiary/aromatic N) is 3. The van der Waals surface area contributed by atoms with Crippen molar-refractivity contribution < 1.29 is 9.47 Å². The lowest BCUT2D eigenvalue weighted by atomic mass is 10.1. The normalized spacial score (nSPS) is 15.4. The van der Waals surface area contributed by atoms with Gasteiger partial charge in [-0.05, 0) is 44.5 Å². The van der Waals surface area contributed by atoms with Gasteiger partial charge in [-0.1, -0.05) is 19.1 Å². The van der Waals surface area contributed by atoms with Crippen molar-refractivity contribution in [1.82, 2.24) is 20.4 Å². The molecule has 2 rings (SSSR count). The average Bonchev–Trinajstić information content (AvgIpc) is 2.77. The molecule has 178 valence electrons.